The van der Waals surface area contributed by atoms with Gasteiger partial charge in [0.05, 0.1) is 6.61 Å². The minimum absolute atomic E-state index is 0.201. The van der Waals surface area contributed by atoms with Gasteiger partial charge in [-0.1, -0.05) is 12.1 Å². The van der Waals surface area contributed by atoms with E-state index < -0.39 is 0 Å². The quantitative estimate of drug-likeness (QED) is 0.607. The Morgan fingerprint density at radius 3 is 2.56 bits per heavy atom. The van der Waals surface area contributed by atoms with Crippen LogP contribution in [0.25, 0.3) is 0 Å². The average molecular weight is 217 g/mol. The van der Waals surface area contributed by atoms with E-state index in [9.17, 15) is 0 Å². The zero-order valence-electron chi connectivity index (χ0n) is 9.99. The fraction of sp³-hybridized carbons (Fsp3) is 0.429. The van der Waals surface area contributed by atoms with Crippen LogP contribution < -0.4 is 10.5 Å². The molecule has 2 heteroatoms. The van der Waals surface area contributed by atoms with Crippen molar-refractivity contribution in [2.75, 3.05) is 6.61 Å². The summed E-state index contributed by atoms with van der Waals surface area (Å²) in [6.07, 6.45) is 1.68. The molecule has 86 valence electrons. The fourth-order valence-electron chi connectivity index (χ4n) is 1.44. The SMILES string of the molecule is CC#CCCOc1ccc(CC(C)N)cc1. The summed E-state index contributed by atoms with van der Waals surface area (Å²) in [5.41, 5.74) is 6.98. The van der Waals surface area contributed by atoms with Gasteiger partial charge in [0, 0.05) is 12.5 Å². The summed E-state index contributed by atoms with van der Waals surface area (Å²) in [5.74, 6) is 6.70. The van der Waals surface area contributed by atoms with Crippen LogP contribution in [0.2, 0.25) is 0 Å². The first-order chi connectivity index (χ1) is 7.72. The smallest absolute Gasteiger partial charge is 0.119 e. The van der Waals surface area contributed by atoms with E-state index in [1.807, 2.05) is 26.0 Å². The lowest BCUT2D eigenvalue weighted by molar-refractivity contribution is 0.327. The molecule has 1 aromatic carbocycles. The topological polar surface area (TPSA) is 35.2 Å². The molecule has 0 aliphatic carbocycles. The Morgan fingerprint density at radius 1 is 1.31 bits per heavy atom. The molecular weight excluding hydrogens is 198 g/mol. The van der Waals surface area contributed by atoms with E-state index in [1.165, 1.54) is 5.56 Å². The van der Waals surface area contributed by atoms with E-state index in [0.29, 0.717) is 6.61 Å². The second kappa shape index (κ2) is 6.92. The normalized spacial score (nSPS) is 11.4. The van der Waals surface area contributed by atoms with Crippen molar-refractivity contribution in [2.24, 2.45) is 5.73 Å². The van der Waals surface area contributed by atoms with Crippen molar-refractivity contribution in [2.45, 2.75) is 32.7 Å². The first-order valence-electron chi connectivity index (χ1n) is 5.59. The highest BCUT2D eigenvalue weighted by Crippen LogP contribution is 2.13. The molecule has 16 heavy (non-hydrogen) atoms. The maximum absolute atomic E-state index is 5.73. The maximum Gasteiger partial charge on any atom is 0.119 e. The minimum Gasteiger partial charge on any atom is -0.493 e. The molecule has 1 atom stereocenters. The molecule has 0 aliphatic rings. The number of benzene rings is 1. The molecular formula is C14H19NO. The summed E-state index contributed by atoms with van der Waals surface area (Å²) < 4.78 is 5.53. The van der Waals surface area contributed by atoms with Gasteiger partial charge in [0.1, 0.15) is 5.75 Å². The van der Waals surface area contributed by atoms with Gasteiger partial charge >= 0.3 is 0 Å². The van der Waals surface area contributed by atoms with Crippen LogP contribution in [0.1, 0.15) is 25.8 Å². The third kappa shape index (κ3) is 4.86. The van der Waals surface area contributed by atoms with Crippen LogP contribution in [0.5, 0.6) is 5.75 Å². The van der Waals surface area contributed by atoms with E-state index in [-0.39, 0.29) is 6.04 Å². The molecule has 0 aromatic heterocycles. The molecule has 0 amide bonds. The first kappa shape index (κ1) is 12.6. The van der Waals surface area contributed by atoms with Crippen molar-refractivity contribution >= 4 is 0 Å². The summed E-state index contributed by atoms with van der Waals surface area (Å²) in [5, 5.41) is 0. The lowest BCUT2D eigenvalue weighted by Gasteiger charge is -2.07. The number of rotatable bonds is 5. The molecule has 0 heterocycles. The van der Waals surface area contributed by atoms with Gasteiger partial charge in [-0.15, -0.1) is 11.8 Å². The Morgan fingerprint density at radius 2 is 2.00 bits per heavy atom. The molecule has 0 spiro atoms. The van der Waals surface area contributed by atoms with Crippen LogP contribution in [-0.2, 0) is 6.42 Å². The summed E-state index contributed by atoms with van der Waals surface area (Å²) >= 11 is 0. The largest absolute Gasteiger partial charge is 0.493 e. The van der Waals surface area contributed by atoms with Gasteiger partial charge < -0.3 is 10.5 Å². The molecule has 0 fully saturated rings. The van der Waals surface area contributed by atoms with Crippen molar-refractivity contribution in [3.05, 3.63) is 29.8 Å². The third-order valence-corrected chi connectivity index (χ3v) is 2.15. The summed E-state index contributed by atoms with van der Waals surface area (Å²) in [7, 11) is 0. The lowest BCUT2D eigenvalue weighted by atomic mass is 10.1. The van der Waals surface area contributed by atoms with Crippen LogP contribution in [0.3, 0.4) is 0 Å². The first-order valence-corrected chi connectivity index (χ1v) is 5.59. The maximum atomic E-state index is 5.73. The van der Waals surface area contributed by atoms with Crippen molar-refractivity contribution in [1.29, 1.82) is 0 Å². The van der Waals surface area contributed by atoms with Crippen molar-refractivity contribution < 1.29 is 4.74 Å². The molecule has 1 unspecified atom stereocenters. The molecule has 2 N–H and O–H groups in total. The van der Waals surface area contributed by atoms with E-state index in [2.05, 4.69) is 24.0 Å². The van der Waals surface area contributed by atoms with Gasteiger partial charge in [0.15, 0.2) is 0 Å². The number of ether oxygens (including phenoxy) is 1. The highest BCUT2D eigenvalue weighted by atomic mass is 16.5. The Hall–Kier alpha value is -1.46. The van der Waals surface area contributed by atoms with Crippen LogP contribution in [-0.4, -0.2) is 12.6 Å². The van der Waals surface area contributed by atoms with Crippen molar-refractivity contribution in [3.63, 3.8) is 0 Å². The van der Waals surface area contributed by atoms with Gasteiger partial charge in [0.2, 0.25) is 0 Å². The number of hydrogen-bond acceptors (Lipinski definition) is 2. The zero-order chi connectivity index (χ0) is 11.8. The Kier molecular flexibility index (Phi) is 5.45. The number of nitrogens with two attached hydrogens (primary N) is 1. The predicted molar refractivity (Wildman–Crippen MR) is 67.4 cm³/mol. The van der Waals surface area contributed by atoms with Gasteiger partial charge in [-0.3, -0.25) is 0 Å². The second-order valence-electron chi connectivity index (χ2n) is 3.85. The summed E-state index contributed by atoms with van der Waals surface area (Å²) in [4.78, 5) is 0. The highest BCUT2D eigenvalue weighted by molar-refractivity contribution is 5.27. The second-order valence-corrected chi connectivity index (χ2v) is 3.85. The third-order valence-electron chi connectivity index (χ3n) is 2.15. The van der Waals surface area contributed by atoms with E-state index in [0.717, 1.165) is 18.6 Å². The minimum atomic E-state index is 0.201. The van der Waals surface area contributed by atoms with E-state index >= 15 is 0 Å². The van der Waals surface area contributed by atoms with Crippen molar-refractivity contribution in [1.82, 2.24) is 0 Å². The molecule has 0 radical (unpaired) electrons. The van der Waals surface area contributed by atoms with Crippen LogP contribution >= 0.6 is 0 Å². The average Bonchev–Trinajstić information content (AvgIpc) is 2.26. The Balaban J connectivity index is 2.41. The molecule has 0 aliphatic heterocycles. The van der Waals surface area contributed by atoms with Gasteiger partial charge in [-0.05, 0) is 38.0 Å². The molecule has 2 nitrogen and oxygen atoms in total. The molecule has 1 rings (SSSR count). The Labute approximate surface area is 97.8 Å². The monoisotopic (exact) mass is 217 g/mol. The highest BCUT2D eigenvalue weighted by Gasteiger charge is 1.98. The predicted octanol–water partition coefficient (Wildman–Crippen LogP) is 2.37. The van der Waals surface area contributed by atoms with Crippen molar-refractivity contribution in [3.8, 4) is 17.6 Å². The number of hydrogen-bond donors (Lipinski definition) is 1. The zero-order valence-corrected chi connectivity index (χ0v) is 9.99. The summed E-state index contributed by atoms with van der Waals surface area (Å²) in [6.45, 7) is 4.49. The molecule has 0 bridgehead atoms. The van der Waals surface area contributed by atoms with Crippen LogP contribution in [0, 0.1) is 11.8 Å². The fourth-order valence-corrected chi connectivity index (χ4v) is 1.44. The van der Waals surface area contributed by atoms with Crippen LogP contribution in [0.4, 0.5) is 0 Å². The molecule has 0 saturated carbocycles. The molecule has 1 aromatic rings. The van der Waals surface area contributed by atoms with Gasteiger partial charge in [0.25, 0.3) is 0 Å². The molecule has 0 saturated heterocycles. The standard InChI is InChI=1S/C14H19NO/c1-3-4-5-10-16-14-8-6-13(7-9-14)11-12(2)15/h6-9,12H,5,10-11,15H2,1-2H3. The van der Waals surface area contributed by atoms with Gasteiger partial charge in [-0.25, -0.2) is 0 Å². The Bertz CT molecular complexity index is 357. The van der Waals surface area contributed by atoms with Gasteiger partial charge in [-0.2, -0.15) is 0 Å². The van der Waals surface area contributed by atoms with E-state index in [4.69, 9.17) is 10.5 Å². The van der Waals surface area contributed by atoms with Crippen LogP contribution in [0.15, 0.2) is 24.3 Å². The van der Waals surface area contributed by atoms with E-state index in [1.54, 1.807) is 0 Å². The lowest BCUT2D eigenvalue weighted by Crippen LogP contribution is -2.17. The summed E-state index contributed by atoms with van der Waals surface area (Å²) in [6, 6.07) is 8.29.